The number of aliphatic hydroxyl groups is 1. The topological polar surface area (TPSA) is 81.7 Å². The highest BCUT2D eigenvalue weighted by Crippen LogP contribution is 2.39. The fourth-order valence-corrected chi connectivity index (χ4v) is 5.06. The van der Waals surface area contributed by atoms with Crippen LogP contribution >= 0.6 is 11.3 Å². The van der Waals surface area contributed by atoms with Crippen LogP contribution in [0.4, 0.5) is 4.79 Å². The number of hydrogen-bond acceptors (Lipinski definition) is 4. The van der Waals surface area contributed by atoms with Gasteiger partial charge >= 0.3 is 6.03 Å². The standard InChI is InChI=1S/C20H31N3O3S/c1-13(2)21-19(25)23-11-10-20(3,26)17(16(23)15-9-6-12-27-15)22-18(24)14-7-4-5-8-14/h6,9,12-14,16-17,26H,4-5,7-8,10-11H2,1-3H3,(H,21,25)(H,22,24). The molecular formula is C20H31N3O3S. The number of urea groups is 1. The predicted molar refractivity (Wildman–Crippen MR) is 107 cm³/mol. The smallest absolute Gasteiger partial charge is 0.318 e. The van der Waals surface area contributed by atoms with Gasteiger partial charge in [-0.05, 0) is 51.5 Å². The van der Waals surface area contributed by atoms with E-state index in [-0.39, 0.29) is 29.9 Å². The Morgan fingerprint density at radius 1 is 1.33 bits per heavy atom. The first kappa shape index (κ1) is 20.1. The summed E-state index contributed by atoms with van der Waals surface area (Å²) in [6.45, 7) is 6.07. The van der Waals surface area contributed by atoms with Crippen molar-refractivity contribution in [3.63, 3.8) is 0 Å². The van der Waals surface area contributed by atoms with E-state index in [1.54, 1.807) is 23.2 Å². The van der Waals surface area contributed by atoms with Crippen LogP contribution in [0.5, 0.6) is 0 Å². The van der Waals surface area contributed by atoms with Gasteiger partial charge in [-0.25, -0.2) is 4.79 Å². The van der Waals surface area contributed by atoms with Crippen LogP contribution in [0, 0.1) is 5.92 Å². The molecule has 1 aliphatic heterocycles. The molecule has 150 valence electrons. The molecule has 0 spiro atoms. The van der Waals surface area contributed by atoms with Gasteiger partial charge in [-0.1, -0.05) is 18.9 Å². The molecule has 1 aromatic rings. The lowest BCUT2D eigenvalue weighted by Gasteiger charge is -2.48. The monoisotopic (exact) mass is 393 g/mol. The summed E-state index contributed by atoms with van der Waals surface area (Å²) in [5.41, 5.74) is -1.07. The summed E-state index contributed by atoms with van der Waals surface area (Å²) in [5.74, 6) is 0.0232. The molecule has 3 amide bonds. The van der Waals surface area contributed by atoms with Crippen molar-refractivity contribution in [1.29, 1.82) is 0 Å². The minimum atomic E-state index is -1.07. The number of likely N-dealkylation sites (tertiary alicyclic amines) is 1. The van der Waals surface area contributed by atoms with E-state index in [2.05, 4.69) is 10.6 Å². The van der Waals surface area contributed by atoms with Crippen molar-refractivity contribution in [2.45, 2.75) is 76.6 Å². The Morgan fingerprint density at radius 3 is 2.63 bits per heavy atom. The van der Waals surface area contributed by atoms with Crippen LogP contribution in [-0.4, -0.2) is 46.2 Å². The molecular weight excluding hydrogens is 362 g/mol. The summed E-state index contributed by atoms with van der Waals surface area (Å²) in [5, 5.41) is 19.2. The van der Waals surface area contributed by atoms with Gasteiger partial charge < -0.3 is 20.6 Å². The highest BCUT2D eigenvalue weighted by atomic mass is 32.1. The molecule has 0 radical (unpaired) electrons. The molecule has 3 atom stereocenters. The van der Waals surface area contributed by atoms with Crippen LogP contribution in [0.2, 0.25) is 0 Å². The molecule has 0 aromatic carbocycles. The van der Waals surface area contributed by atoms with Crippen molar-refractivity contribution in [2.75, 3.05) is 6.54 Å². The van der Waals surface area contributed by atoms with Crippen molar-refractivity contribution in [1.82, 2.24) is 15.5 Å². The van der Waals surface area contributed by atoms with Crippen molar-refractivity contribution in [2.24, 2.45) is 5.92 Å². The van der Waals surface area contributed by atoms with Crippen LogP contribution in [0.1, 0.15) is 63.8 Å². The van der Waals surface area contributed by atoms with Gasteiger partial charge in [-0.15, -0.1) is 11.3 Å². The molecule has 6 nitrogen and oxygen atoms in total. The average Bonchev–Trinajstić information content (AvgIpc) is 3.29. The van der Waals surface area contributed by atoms with Gasteiger partial charge in [0.1, 0.15) is 0 Å². The molecule has 1 saturated heterocycles. The largest absolute Gasteiger partial charge is 0.388 e. The molecule has 3 N–H and O–H groups in total. The van der Waals surface area contributed by atoms with Gasteiger partial charge in [0.25, 0.3) is 0 Å². The maximum atomic E-state index is 12.8. The number of amides is 3. The normalized spacial score (nSPS) is 29.1. The molecule has 3 rings (SSSR count). The third-order valence-electron chi connectivity index (χ3n) is 5.71. The maximum Gasteiger partial charge on any atom is 0.318 e. The Labute approximate surface area is 165 Å². The van der Waals surface area contributed by atoms with Crippen molar-refractivity contribution >= 4 is 23.3 Å². The number of nitrogens with zero attached hydrogens (tertiary/aromatic N) is 1. The molecule has 1 aliphatic carbocycles. The van der Waals surface area contributed by atoms with Gasteiger partial charge in [0.05, 0.1) is 17.7 Å². The number of carbonyl (C=O) groups excluding carboxylic acids is 2. The van der Waals surface area contributed by atoms with Crippen molar-refractivity contribution < 1.29 is 14.7 Å². The zero-order valence-electron chi connectivity index (χ0n) is 16.4. The van der Waals surface area contributed by atoms with Crippen LogP contribution < -0.4 is 10.6 Å². The number of thiophene rings is 1. The molecule has 3 unspecified atom stereocenters. The lowest BCUT2D eigenvalue weighted by Crippen LogP contribution is -2.64. The molecule has 2 aliphatic rings. The molecule has 1 saturated carbocycles. The first-order valence-electron chi connectivity index (χ1n) is 9.93. The summed E-state index contributed by atoms with van der Waals surface area (Å²) in [6, 6.07) is 2.88. The van der Waals surface area contributed by atoms with Crippen LogP contribution in [0.3, 0.4) is 0 Å². The van der Waals surface area contributed by atoms with E-state index in [1.165, 1.54) is 0 Å². The molecule has 7 heteroatoms. The zero-order chi connectivity index (χ0) is 19.6. The summed E-state index contributed by atoms with van der Waals surface area (Å²) >= 11 is 1.55. The Bertz CT molecular complexity index is 653. The second-order valence-corrected chi connectivity index (χ2v) is 9.31. The van der Waals surface area contributed by atoms with Gasteiger partial charge in [-0.2, -0.15) is 0 Å². The molecule has 0 bridgehead atoms. The van der Waals surface area contributed by atoms with E-state index < -0.39 is 11.6 Å². The highest BCUT2D eigenvalue weighted by Gasteiger charge is 2.48. The molecule has 2 heterocycles. The Hall–Kier alpha value is -1.60. The number of rotatable bonds is 4. The minimum absolute atomic E-state index is 0.00505. The van der Waals surface area contributed by atoms with Crippen LogP contribution in [-0.2, 0) is 4.79 Å². The lowest BCUT2D eigenvalue weighted by molar-refractivity contribution is -0.131. The predicted octanol–water partition coefficient (Wildman–Crippen LogP) is 3.04. The fraction of sp³-hybridized carbons (Fsp3) is 0.700. The molecule has 27 heavy (non-hydrogen) atoms. The minimum Gasteiger partial charge on any atom is -0.388 e. The number of piperidine rings is 1. The Balaban J connectivity index is 1.89. The van der Waals surface area contributed by atoms with E-state index in [0.717, 1.165) is 30.6 Å². The summed E-state index contributed by atoms with van der Waals surface area (Å²) in [6.07, 6.45) is 4.40. The van der Waals surface area contributed by atoms with E-state index in [1.807, 2.05) is 31.4 Å². The molecule has 2 fully saturated rings. The van der Waals surface area contributed by atoms with Crippen molar-refractivity contribution in [3.05, 3.63) is 22.4 Å². The average molecular weight is 394 g/mol. The third kappa shape index (κ3) is 4.46. The van der Waals surface area contributed by atoms with E-state index >= 15 is 0 Å². The van der Waals surface area contributed by atoms with E-state index in [9.17, 15) is 14.7 Å². The Morgan fingerprint density at radius 2 is 2.04 bits per heavy atom. The fourth-order valence-electron chi connectivity index (χ4n) is 4.19. The summed E-state index contributed by atoms with van der Waals surface area (Å²) in [7, 11) is 0. The van der Waals surface area contributed by atoms with E-state index in [4.69, 9.17) is 0 Å². The number of hydrogen-bond donors (Lipinski definition) is 3. The van der Waals surface area contributed by atoms with Gasteiger partial charge in [0.15, 0.2) is 0 Å². The van der Waals surface area contributed by atoms with E-state index in [0.29, 0.717) is 13.0 Å². The second kappa shape index (κ2) is 8.19. The SMILES string of the molecule is CC(C)NC(=O)N1CCC(C)(O)C(NC(=O)C2CCCC2)C1c1cccs1. The second-order valence-electron chi connectivity index (χ2n) is 8.33. The first-order chi connectivity index (χ1) is 12.8. The first-order valence-corrected chi connectivity index (χ1v) is 10.8. The maximum absolute atomic E-state index is 12.8. The highest BCUT2D eigenvalue weighted by molar-refractivity contribution is 7.10. The van der Waals surface area contributed by atoms with Crippen LogP contribution in [0.15, 0.2) is 17.5 Å². The summed E-state index contributed by atoms with van der Waals surface area (Å²) in [4.78, 5) is 28.4. The van der Waals surface area contributed by atoms with Crippen molar-refractivity contribution in [3.8, 4) is 0 Å². The zero-order valence-corrected chi connectivity index (χ0v) is 17.2. The third-order valence-corrected chi connectivity index (χ3v) is 6.65. The number of nitrogens with one attached hydrogen (secondary N) is 2. The molecule has 1 aromatic heterocycles. The number of carbonyl (C=O) groups is 2. The van der Waals surface area contributed by atoms with Gasteiger partial charge in [-0.3, -0.25) is 4.79 Å². The van der Waals surface area contributed by atoms with Gasteiger partial charge in [0.2, 0.25) is 5.91 Å². The quantitative estimate of drug-likeness (QED) is 0.735. The van der Waals surface area contributed by atoms with Crippen LogP contribution in [0.25, 0.3) is 0 Å². The summed E-state index contributed by atoms with van der Waals surface area (Å²) < 4.78 is 0. The van der Waals surface area contributed by atoms with Gasteiger partial charge in [0, 0.05) is 23.4 Å². The Kier molecular flexibility index (Phi) is 6.11. The lowest BCUT2D eigenvalue weighted by atomic mass is 9.81.